The molecule has 5 nitrogen and oxygen atoms in total. The predicted molar refractivity (Wildman–Crippen MR) is 80.2 cm³/mol. The Labute approximate surface area is 128 Å². The van der Waals surface area contributed by atoms with Crippen molar-refractivity contribution >= 4 is 17.5 Å². The van der Waals surface area contributed by atoms with Crippen molar-refractivity contribution in [1.82, 2.24) is 10.3 Å². The van der Waals surface area contributed by atoms with Crippen LogP contribution in [0.1, 0.15) is 30.3 Å². The van der Waals surface area contributed by atoms with Crippen LogP contribution in [0.5, 0.6) is 0 Å². The molecule has 2 N–H and O–H groups in total. The van der Waals surface area contributed by atoms with E-state index in [0.29, 0.717) is 22.8 Å². The molecule has 1 amide bonds. The lowest BCUT2D eigenvalue weighted by Crippen LogP contribution is -2.35. The highest BCUT2D eigenvalue weighted by Crippen LogP contribution is 2.29. The van der Waals surface area contributed by atoms with Crippen LogP contribution in [0.3, 0.4) is 0 Å². The van der Waals surface area contributed by atoms with E-state index in [-0.39, 0.29) is 24.2 Å². The smallest absolute Gasteiger partial charge is 0.274 e. The van der Waals surface area contributed by atoms with Gasteiger partial charge >= 0.3 is 0 Å². The molecule has 2 rings (SSSR count). The number of carbonyl (C=O) groups excluding carboxylic acids is 1. The number of oxazole rings is 1. The summed E-state index contributed by atoms with van der Waals surface area (Å²) in [5.41, 5.74) is 0.816. The van der Waals surface area contributed by atoms with Crippen molar-refractivity contribution in [3.8, 4) is 11.3 Å². The van der Waals surface area contributed by atoms with Crippen molar-refractivity contribution in [3.63, 3.8) is 0 Å². The zero-order valence-corrected chi connectivity index (χ0v) is 12.4. The van der Waals surface area contributed by atoms with E-state index in [0.717, 1.165) is 6.42 Å². The summed E-state index contributed by atoms with van der Waals surface area (Å²) in [4.78, 5) is 16.3. The molecule has 0 spiro atoms. The van der Waals surface area contributed by atoms with Gasteiger partial charge in [-0.25, -0.2) is 4.98 Å². The van der Waals surface area contributed by atoms with Gasteiger partial charge < -0.3 is 14.8 Å². The molecule has 0 saturated carbocycles. The van der Waals surface area contributed by atoms with Crippen LogP contribution in [0.15, 0.2) is 35.1 Å². The number of hydrogen-bond acceptors (Lipinski definition) is 4. The van der Waals surface area contributed by atoms with E-state index in [2.05, 4.69) is 10.3 Å². The number of rotatable bonds is 6. The SMILES string of the molecule is CCC(CCO)NC(=O)c1ncoc1-c1ccccc1Cl. The maximum absolute atomic E-state index is 12.3. The molecule has 1 unspecified atom stereocenters. The Morgan fingerprint density at radius 1 is 1.48 bits per heavy atom. The van der Waals surface area contributed by atoms with E-state index in [1.165, 1.54) is 6.39 Å². The molecule has 112 valence electrons. The van der Waals surface area contributed by atoms with Crippen molar-refractivity contribution in [2.24, 2.45) is 0 Å². The highest BCUT2D eigenvalue weighted by atomic mass is 35.5. The van der Waals surface area contributed by atoms with Crippen LogP contribution in [-0.4, -0.2) is 28.6 Å². The van der Waals surface area contributed by atoms with Gasteiger partial charge in [-0.3, -0.25) is 4.79 Å². The number of aromatic nitrogens is 1. The summed E-state index contributed by atoms with van der Waals surface area (Å²) in [6, 6.07) is 7.01. The number of aliphatic hydroxyl groups is 1. The normalized spacial score (nSPS) is 12.1. The number of aliphatic hydroxyl groups excluding tert-OH is 1. The number of carbonyl (C=O) groups is 1. The molecular formula is C15H17ClN2O3. The van der Waals surface area contributed by atoms with Crippen LogP contribution in [0.25, 0.3) is 11.3 Å². The molecule has 0 radical (unpaired) electrons. The van der Waals surface area contributed by atoms with Gasteiger partial charge in [0.1, 0.15) is 0 Å². The number of nitrogens with zero attached hydrogens (tertiary/aromatic N) is 1. The average molecular weight is 309 g/mol. The third-order valence-corrected chi connectivity index (χ3v) is 3.54. The second kappa shape index (κ2) is 7.24. The first-order chi connectivity index (χ1) is 10.2. The molecule has 2 aromatic rings. The minimum Gasteiger partial charge on any atom is -0.443 e. The Morgan fingerprint density at radius 3 is 2.90 bits per heavy atom. The molecule has 0 saturated heterocycles. The van der Waals surface area contributed by atoms with Crippen LogP contribution in [0.2, 0.25) is 5.02 Å². The van der Waals surface area contributed by atoms with E-state index in [1.54, 1.807) is 18.2 Å². The van der Waals surface area contributed by atoms with Crippen LogP contribution in [0, 0.1) is 0 Å². The maximum Gasteiger partial charge on any atom is 0.274 e. The standard InChI is InChI=1S/C15H17ClN2O3/c1-2-10(7-8-19)18-15(20)13-14(21-9-17-13)11-5-3-4-6-12(11)16/h3-6,9-10,19H,2,7-8H2,1H3,(H,18,20). The van der Waals surface area contributed by atoms with Crippen LogP contribution < -0.4 is 5.32 Å². The Hall–Kier alpha value is -1.85. The molecule has 1 heterocycles. The molecule has 6 heteroatoms. The third kappa shape index (κ3) is 3.62. The first-order valence-corrected chi connectivity index (χ1v) is 7.15. The lowest BCUT2D eigenvalue weighted by atomic mass is 10.1. The molecule has 0 fully saturated rings. The second-order valence-corrected chi connectivity index (χ2v) is 5.01. The fourth-order valence-electron chi connectivity index (χ4n) is 2.03. The van der Waals surface area contributed by atoms with Crippen molar-refractivity contribution in [2.75, 3.05) is 6.61 Å². The van der Waals surface area contributed by atoms with Gasteiger partial charge in [0.05, 0.1) is 5.02 Å². The summed E-state index contributed by atoms with van der Waals surface area (Å²) in [5, 5.41) is 12.3. The average Bonchev–Trinajstić information content (AvgIpc) is 2.96. The summed E-state index contributed by atoms with van der Waals surface area (Å²) in [7, 11) is 0. The monoisotopic (exact) mass is 308 g/mol. The molecule has 0 aliphatic rings. The molecule has 0 bridgehead atoms. The van der Waals surface area contributed by atoms with Crippen molar-refractivity contribution in [2.45, 2.75) is 25.8 Å². The number of benzene rings is 1. The van der Waals surface area contributed by atoms with Gasteiger partial charge in [0.15, 0.2) is 17.8 Å². The minimum absolute atomic E-state index is 0.0228. The largest absolute Gasteiger partial charge is 0.443 e. The van der Waals surface area contributed by atoms with Gasteiger partial charge in [-0.2, -0.15) is 0 Å². The van der Waals surface area contributed by atoms with Gasteiger partial charge in [0.25, 0.3) is 5.91 Å². The lowest BCUT2D eigenvalue weighted by Gasteiger charge is -2.15. The van der Waals surface area contributed by atoms with E-state index in [4.69, 9.17) is 21.1 Å². The van der Waals surface area contributed by atoms with Crippen LogP contribution in [0.4, 0.5) is 0 Å². The molecule has 21 heavy (non-hydrogen) atoms. The Kier molecular flexibility index (Phi) is 5.36. The zero-order chi connectivity index (χ0) is 15.2. The molecule has 0 aliphatic carbocycles. The van der Waals surface area contributed by atoms with Gasteiger partial charge in [-0.15, -0.1) is 0 Å². The van der Waals surface area contributed by atoms with Crippen molar-refractivity contribution < 1.29 is 14.3 Å². The van der Waals surface area contributed by atoms with E-state index >= 15 is 0 Å². The van der Waals surface area contributed by atoms with Crippen LogP contribution in [-0.2, 0) is 0 Å². The van der Waals surface area contributed by atoms with Gasteiger partial charge in [-0.1, -0.05) is 30.7 Å². The zero-order valence-electron chi connectivity index (χ0n) is 11.7. The molecular weight excluding hydrogens is 292 g/mol. The van der Waals surface area contributed by atoms with Crippen molar-refractivity contribution in [3.05, 3.63) is 41.4 Å². The van der Waals surface area contributed by atoms with Crippen molar-refractivity contribution in [1.29, 1.82) is 0 Å². The van der Waals surface area contributed by atoms with Crippen LogP contribution >= 0.6 is 11.6 Å². The third-order valence-electron chi connectivity index (χ3n) is 3.21. The van der Waals surface area contributed by atoms with E-state index in [1.807, 2.05) is 13.0 Å². The Morgan fingerprint density at radius 2 is 2.24 bits per heavy atom. The number of nitrogens with one attached hydrogen (secondary N) is 1. The number of hydrogen-bond donors (Lipinski definition) is 2. The summed E-state index contributed by atoms with van der Waals surface area (Å²) < 4.78 is 5.32. The second-order valence-electron chi connectivity index (χ2n) is 4.60. The summed E-state index contributed by atoms with van der Waals surface area (Å²) in [6.07, 6.45) is 2.45. The van der Waals surface area contributed by atoms with Gasteiger partial charge in [0.2, 0.25) is 0 Å². The Balaban J connectivity index is 2.24. The molecule has 1 aromatic carbocycles. The highest BCUT2D eigenvalue weighted by molar-refractivity contribution is 6.33. The first kappa shape index (κ1) is 15.5. The fraction of sp³-hybridized carbons (Fsp3) is 0.333. The Bertz CT molecular complexity index is 612. The minimum atomic E-state index is -0.334. The first-order valence-electron chi connectivity index (χ1n) is 6.77. The summed E-state index contributed by atoms with van der Waals surface area (Å²) >= 11 is 6.12. The molecule has 1 aromatic heterocycles. The number of amides is 1. The van der Waals surface area contributed by atoms with Gasteiger partial charge in [0, 0.05) is 18.2 Å². The van der Waals surface area contributed by atoms with E-state index < -0.39 is 0 Å². The number of halogens is 1. The molecule has 1 atom stereocenters. The maximum atomic E-state index is 12.3. The lowest BCUT2D eigenvalue weighted by molar-refractivity contribution is 0.0925. The fourth-order valence-corrected chi connectivity index (χ4v) is 2.25. The quantitative estimate of drug-likeness (QED) is 0.860. The topological polar surface area (TPSA) is 75.4 Å². The van der Waals surface area contributed by atoms with Gasteiger partial charge in [-0.05, 0) is 25.0 Å². The molecule has 0 aliphatic heterocycles. The highest BCUT2D eigenvalue weighted by Gasteiger charge is 2.21. The predicted octanol–water partition coefficient (Wildman–Crippen LogP) is 2.89. The summed E-state index contributed by atoms with van der Waals surface area (Å²) in [6.45, 7) is 1.97. The van der Waals surface area contributed by atoms with E-state index in [9.17, 15) is 4.79 Å². The summed E-state index contributed by atoms with van der Waals surface area (Å²) in [5.74, 6) is 0.0101.